The zero-order valence-electron chi connectivity index (χ0n) is 31.1. The van der Waals surface area contributed by atoms with Gasteiger partial charge in [-0.1, -0.05) is 12.1 Å². The standard InChI is InChI=1S/C36H54N8O7/c1-34(2,3)50-32(48)38-26-13-11-25(12-14-26)37-23-24-9-15-27(16-10-24)44-18-17-28(40-31(44)47)39-30(46)43-21-19-42(20-22-43)29(45)36(7,8)41-33(49)51-35(4,5)6/h9-10,15-18,25-26,37H,11-14,19-23H2,1-8H3,(H,38,48)(H,41,49)(H,39,40,46,47)/t25-,26+. The second kappa shape index (κ2) is 16.1. The van der Waals surface area contributed by atoms with E-state index in [2.05, 4.69) is 26.3 Å². The number of rotatable bonds is 8. The zero-order chi connectivity index (χ0) is 37.6. The monoisotopic (exact) mass is 710 g/mol. The predicted molar refractivity (Wildman–Crippen MR) is 193 cm³/mol. The lowest BCUT2D eigenvalue weighted by molar-refractivity contribution is -0.138. The van der Waals surface area contributed by atoms with E-state index in [0.29, 0.717) is 18.3 Å². The highest BCUT2D eigenvalue weighted by atomic mass is 16.6. The molecule has 51 heavy (non-hydrogen) atoms. The molecule has 0 atom stereocenters. The molecule has 2 aromatic rings. The molecule has 0 radical (unpaired) electrons. The number of aromatic nitrogens is 2. The van der Waals surface area contributed by atoms with Gasteiger partial charge in [-0.2, -0.15) is 4.98 Å². The summed E-state index contributed by atoms with van der Waals surface area (Å²) in [7, 11) is 0. The topological polar surface area (TPSA) is 176 Å². The molecule has 5 amide bonds. The molecule has 2 heterocycles. The maximum absolute atomic E-state index is 13.1. The lowest BCUT2D eigenvalue weighted by atomic mass is 9.91. The van der Waals surface area contributed by atoms with Gasteiger partial charge >= 0.3 is 23.9 Å². The number of nitrogens with zero attached hydrogens (tertiary/aromatic N) is 4. The van der Waals surface area contributed by atoms with E-state index in [9.17, 15) is 24.0 Å². The van der Waals surface area contributed by atoms with Crippen LogP contribution in [-0.4, -0.2) is 98.5 Å². The molecule has 1 saturated carbocycles. The highest BCUT2D eigenvalue weighted by Crippen LogP contribution is 2.20. The zero-order valence-corrected chi connectivity index (χ0v) is 31.1. The van der Waals surface area contributed by atoms with Crippen molar-refractivity contribution in [3.8, 4) is 5.69 Å². The summed E-state index contributed by atoms with van der Waals surface area (Å²) in [6.45, 7) is 15.8. The summed E-state index contributed by atoms with van der Waals surface area (Å²) in [4.78, 5) is 70.5. The van der Waals surface area contributed by atoms with E-state index in [-0.39, 0.29) is 50.0 Å². The normalized spacial score (nSPS) is 18.4. The number of nitrogens with one attached hydrogen (secondary N) is 4. The first kappa shape index (κ1) is 39.1. The molecule has 15 nitrogen and oxygen atoms in total. The average molecular weight is 711 g/mol. The smallest absolute Gasteiger partial charge is 0.408 e. The van der Waals surface area contributed by atoms with Gasteiger partial charge in [0.15, 0.2) is 0 Å². The Hall–Kier alpha value is -4.66. The fourth-order valence-corrected chi connectivity index (χ4v) is 5.93. The Kier molecular flexibility index (Phi) is 12.4. The largest absolute Gasteiger partial charge is 0.444 e. The van der Waals surface area contributed by atoms with Gasteiger partial charge in [-0.25, -0.2) is 19.2 Å². The summed E-state index contributed by atoms with van der Waals surface area (Å²) in [5.41, 5.74) is -1.22. The number of ether oxygens (including phenoxy) is 2. The lowest BCUT2D eigenvalue weighted by Gasteiger charge is -2.38. The predicted octanol–water partition coefficient (Wildman–Crippen LogP) is 4.14. The maximum Gasteiger partial charge on any atom is 0.408 e. The van der Waals surface area contributed by atoms with Gasteiger partial charge in [0.1, 0.15) is 22.6 Å². The number of urea groups is 1. The van der Waals surface area contributed by atoms with Crippen molar-refractivity contribution >= 4 is 29.9 Å². The Balaban J connectivity index is 1.21. The molecule has 4 rings (SSSR count). The van der Waals surface area contributed by atoms with Gasteiger partial charge in [-0.05, 0) is 105 Å². The molecule has 1 saturated heterocycles. The molecule has 0 unspecified atom stereocenters. The van der Waals surface area contributed by atoms with Gasteiger partial charge in [-0.3, -0.25) is 14.7 Å². The van der Waals surface area contributed by atoms with Crippen LogP contribution in [0.1, 0.15) is 86.6 Å². The number of amides is 5. The van der Waals surface area contributed by atoms with Gasteiger partial charge in [0, 0.05) is 51.0 Å². The van der Waals surface area contributed by atoms with Gasteiger partial charge < -0.3 is 35.2 Å². The van der Waals surface area contributed by atoms with Gasteiger partial charge in [0.25, 0.3) is 0 Å². The molecule has 1 aromatic carbocycles. The number of alkyl carbamates (subject to hydrolysis) is 2. The molecule has 15 heteroatoms. The lowest BCUT2D eigenvalue weighted by Crippen LogP contribution is -2.60. The first-order valence-corrected chi connectivity index (χ1v) is 17.6. The van der Waals surface area contributed by atoms with Crippen molar-refractivity contribution in [1.29, 1.82) is 0 Å². The average Bonchev–Trinajstić information content (AvgIpc) is 3.02. The van der Waals surface area contributed by atoms with Crippen LogP contribution in [0, 0.1) is 0 Å². The fourth-order valence-electron chi connectivity index (χ4n) is 5.93. The summed E-state index contributed by atoms with van der Waals surface area (Å²) in [5.74, 6) is -0.157. The molecule has 1 aliphatic heterocycles. The molecule has 1 aromatic heterocycles. The molecule has 0 spiro atoms. The third-order valence-corrected chi connectivity index (χ3v) is 8.50. The minimum Gasteiger partial charge on any atom is -0.444 e. The van der Waals surface area contributed by atoms with Crippen molar-refractivity contribution in [3.63, 3.8) is 0 Å². The van der Waals surface area contributed by atoms with E-state index in [4.69, 9.17) is 9.47 Å². The fraction of sp³-hybridized carbons (Fsp3) is 0.611. The Morgan fingerprint density at radius 3 is 1.88 bits per heavy atom. The number of carbonyl (C=O) groups is 4. The molecular formula is C36H54N8O7. The van der Waals surface area contributed by atoms with Crippen LogP contribution >= 0.6 is 0 Å². The van der Waals surface area contributed by atoms with Crippen LogP contribution in [0.4, 0.5) is 20.2 Å². The van der Waals surface area contributed by atoms with Crippen LogP contribution in [0.2, 0.25) is 0 Å². The Bertz CT molecular complexity index is 1590. The summed E-state index contributed by atoms with van der Waals surface area (Å²) in [5, 5.41) is 11.9. The summed E-state index contributed by atoms with van der Waals surface area (Å²) in [6, 6.07) is 9.22. The molecule has 0 bridgehead atoms. The number of hydrogen-bond acceptors (Lipinski definition) is 9. The van der Waals surface area contributed by atoms with Crippen LogP contribution < -0.4 is 27.0 Å². The number of piperazine rings is 1. The molecular weight excluding hydrogens is 656 g/mol. The van der Waals surface area contributed by atoms with Crippen molar-refractivity contribution in [2.75, 3.05) is 31.5 Å². The molecule has 4 N–H and O–H groups in total. The first-order chi connectivity index (χ1) is 23.8. The molecule has 2 aliphatic rings. The molecule has 1 aliphatic carbocycles. The minimum absolute atomic E-state index is 0.117. The third kappa shape index (κ3) is 12.0. The summed E-state index contributed by atoms with van der Waals surface area (Å²) >= 11 is 0. The summed E-state index contributed by atoms with van der Waals surface area (Å²) < 4.78 is 12.1. The molecule has 2 fully saturated rings. The van der Waals surface area contributed by atoms with Crippen LogP contribution in [-0.2, 0) is 20.8 Å². The van der Waals surface area contributed by atoms with Crippen molar-refractivity contribution in [2.45, 2.75) is 116 Å². The highest BCUT2D eigenvalue weighted by Gasteiger charge is 2.37. The van der Waals surface area contributed by atoms with Crippen molar-refractivity contribution in [1.82, 2.24) is 35.3 Å². The van der Waals surface area contributed by atoms with E-state index in [1.165, 1.54) is 4.57 Å². The van der Waals surface area contributed by atoms with Gasteiger partial charge in [0.2, 0.25) is 5.91 Å². The third-order valence-electron chi connectivity index (χ3n) is 8.50. The highest BCUT2D eigenvalue weighted by molar-refractivity contribution is 5.90. The van der Waals surface area contributed by atoms with Gasteiger partial charge in [-0.15, -0.1) is 0 Å². The molecule has 280 valence electrons. The van der Waals surface area contributed by atoms with Crippen molar-refractivity contribution in [3.05, 3.63) is 52.6 Å². The van der Waals surface area contributed by atoms with Crippen molar-refractivity contribution < 1.29 is 28.7 Å². The number of benzene rings is 1. The van der Waals surface area contributed by atoms with Crippen LogP contribution in [0.5, 0.6) is 0 Å². The number of carbonyl (C=O) groups excluding carboxylic acids is 4. The van der Waals surface area contributed by atoms with E-state index in [0.717, 1.165) is 31.2 Å². The van der Waals surface area contributed by atoms with E-state index in [1.54, 1.807) is 56.7 Å². The Labute approximate surface area is 299 Å². The SMILES string of the molecule is CC(C)(C)OC(=O)NC(C)(C)C(=O)N1CCN(C(=O)Nc2ccn(-c3ccc(CN[C@H]4CC[C@@H](NC(=O)OC(C)(C)C)CC4)cc3)c(=O)n2)CC1. The number of hydrogen-bond donors (Lipinski definition) is 4. The van der Waals surface area contributed by atoms with Crippen LogP contribution in [0.25, 0.3) is 5.69 Å². The van der Waals surface area contributed by atoms with Crippen molar-refractivity contribution in [2.24, 2.45) is 0 Å². The minimum atomic E-state index is -1.19. The van der Waals surface area contributed by atoms with Crippen LogP contribution in [0.3, 0.4) is 0 Å². The first-order valence-electron chi connectivity index (χ1n) is 17.6. The van der Waals surface area contributed by atoms with E-state index < -0.39 is 34.6 Å². The van der Waals surface area contributed by atoms with E-state index >= 15 is 0 Å². The Morgan fingerprint density at radius 1 is 0.765 bits per heavy atom. The second-order valence-electron chi connectivity index (χ2n) is 15.7. The van der Waals surface area contributed by atoms with Gasteiger partial charge in [0.05, 0.1) is 5.69 Å². The second-order valence-corrected chi connectivity index (χ2v) is 15.7. The maximum atomic E-state index is 13.1. The summed E-state index contributed by atoms with van der Waals surface area (Å²) in [6.07, 6.45) is 4.19. The number of anilines is 1. The quantitative estimate of drug-likeness (QED) is 0.314. The Morgan fingerprint density at radius 2 is 1.31 bits per heavy atom. The van der Waals surface area contributed by atoms with E-state index in [1.807, 2.05) is 45.0 Å². The van der Waals surface area contributed by atoms with Crippen LogP contribution in [0.15, 0.2) is 41.3 Å².